The standard InChI is InChI=1S/C32H43N5O7/c1-3-23-17-19-36(27(20-23)29(39)42-4-2)28(38)26(33)16-11-18-37(32(41)44-22-25-14-9-6-10-15-25)30(34)35-31(40)43-21-24-12-7-5-8-13-24/h5-10,12-15,23,26-27H,3-4,11,16-22,33H2,1-2H3,(H2,34,35,40)/t23-,26+,27-/m1/s1. The summed E-state index contributed by atoms with van der Waals surface area (Å²) in [6, 6.07) is 16.5. The average Bonchev–Trinajstić information content (AvgIpc) is 3.04. The summed E-state index contributed by atoms with van der Waals surface area (Å²) < 4.78 is 15.8. The van der Waals surface area contributed by atoms with Crippen LogP contribution in [-0.4, -0.2) is 71.6 Å². The molecule has 1 aliphatic heterocycles. The van der Waals surface area contributed by atoms with Crippen LogP contribution in [0.5, 0.6) is 0 Å². The minimum absolute atomic E-state index is 0.0197. The van der Waals surface area contributed by atoms with Gasteiger partial charge in [-0.05, 0) is 49.7 Å². The van der Waals surface area contributed by atoms with E-state index in [0.717, 1.165) is 28.9 Å². The molecular formula is C32H43N5O7. The van der Waals surface area contributed by atoms with Gasteiger partial charge in [-0.3, -0.25) is 4.79 Å². The summed E-state index contributed by atoms with van der Waals surface area (Å²) in [6.45, 7) is 4.34. The maximum absolute atomic E-state index is 13.3. The normalized spacial score (nSPS) is 17.3. The van der Waals surface area contributed by atoms with E-state index in [1.807, 2.05) is 36.4 Å². The number of carbonyl (C=O) groups excluding carboxylic acids is 4. The van der Waals surface area contributed by atoms with Crippen LogP contribution in [0.3, 0.4) is 0 Å². The van der Waals surface area contributed by atoms with E-state index in [0.29, 0.717) is 18.9 Å². The van der Waals surface area contributed by atoms with Crippen molar-refractivity contribution in [3.63, 3.8) is 0 Å². The molecule has 1 aliphatic rings. The van der Waals surface area contributed by atoms with Gasteiger partial charge in [-0.2, -0.15) is 0 Å². The Balaban J connectivity index is 1.64. The number of rotatable bonds is 12. The number of esters is 1. The largest absolute Gasteiger partial charge is 0.464 e. The molecule has 0 aliphatic carbocycles. The van der Waals surface area contributed by atoms with Crippen molar-refractivity contribution < 1.29 is 33.4 Å². The Morgan fingerprint density at radius 3 is 2.16 bits per heavy atom. The lowest BCUT2D eigenvalue weighted by Gasteiger charge is -2.39. The van der Waals surface area contributed by atoms with Crippen LogP contribution in [0.2, 0.25) is 0 Å². The zero-order valence-corrected chi connectivity index (χ0v) is 25.4. The van der Waals surface area contributed by atoms with Crippen molar-refractivity contribution in [2.45, 2.75) is 71.2 Å². The highest BCUT2D eigenvalue weighted by Crippen LogP contribution is 2.27. The molecule has 0 aromatic heterocycles. The molecule has 4 N–H and O–H groups in total. The van der Waals surface area contributed by atoms with Crippen molar-refractivity contribution >= 4 is 30.0 Å². The van der Waals surface area contributed by atoms with Gasteiger partial charge in [0.25, 0.3) is 0 Å². The first kappa shape index (κ1) is 34.0. The van der Waals surface area contributed by atoms with Crippen LogP contribution < -0.4 is 11.5 Å². The molecule has 0 radical (unpaired) electrons. The quantitative estimate of drug-likeness (QED) is 0.157. The highest BCUT2D eigenvalue weighted by Gasteiger charge is 2.38. The molecule has 0 bridgehead atoms. The Morgan fingerprint density at radius 2 is 1.57 bits per heavy atom. The van der Waals surface area contributed by atoms with E-state index >= 15 is 0 Å². The zero-order valence-electron chi connectivity index (χ0n) is 25.4. The Morgan fingerprint density at radius 1 is 0.955 bits per heavy atom. The fourth-order valence-electron chi connectivity index (χ4n) is 4.94. The highest BCUT2D eigenvalue weighted by atomic mass is 16.6. The molecule has 3 atom stereocenters. The van der Waals surface area contributed by atoms with Gasteiger partial charge >= 0.3 is 18.2 Å². The van der Waals surface area contributed by atoms with Crippen LogP contribution in [0.4, 0.5) is 9.59 Å². The number of aliphatic imine (C=N–C) groups is 1. The molecule has 1 fully saturated rings. The van der Waals surface area contributed by atoms with E-state index in [9.17, 15) is 19.2 Å². The predicted octanol–water partition coefficient (Wildman–Crippen LogP) is 3.96. The topological polar surface area (TPSA) is 167 Å². The second-order valence-electron chi connectivity index (χ2n) is 10.5. The van der Waals surface area contributed by atoms with Crippen LogP contribution in [0, 0.1) is 5.92 Å². The maximum atomic E-state index is 13.3. The number of nitrogens with zero attached hydrogens (tertiary/aromatic N) is 3. The van der Waals surface area contributed by atoms with E-state index in [2.05, 4.69) is 11.9 Å². The summed E-state index contributed by atoms with van der Waals surface area (Å²) >= 11 is 0. The summed E-state index contributed by atoms with van der Waals surface area (Å²) in [7, 11) is 0. The summed E-state index contributed by atoms with van der Waals surface area (Å²) in [5, 5.41) is 0. The maximum Gasteiger partial charge on any atom is 0.437 e. The van der Waals surface area contributed by atoms with Gasteiger partial charge in [0.1, 0.15) is 19.3 Å². The summed E-state index contributed by atoms with van der Waals surface area (Å²) in [6.07, 6.45) is 0.827. The molecule has 0 spiro atoms. The summed E-state index contributed by atoms with van der Waals surface area (Å²) in [5.74, 6) is -0.879. The fraction of sp³-hybridized carbons (Fsp3) is 0.469. The number of likely N-dealkylation sites (tertiary alicyclic amines) is 1. The van der Waals surface area contributed by atoms with E-state index in [1.165, 1.54) is 4.90 Å². The van der Waals surface area contributed by atoms with Gasteiger partial charge < -0.3 is 30.6 Å². The molecule has 12 heteroatoms. The zero-order chi connectivity index (χ0) is 31.9. The van der Waals surface area contributed by atoms with E-state index in [-0.39, 0.29) is 45.1 Å². The molecule has 2 aromatic carbocycles. The SMILES string of the molecule is CCOC(=O)[C@H]1C[C@H](CC)CCN1C(=O)[C@@H](N)CCCN(C(=O)OCc1ccccc1)/C(N)=N/C(=O)OCc1ccccc1. The fourth-order valence-corrected chi connectivity index (χ4v) is 4.94. The molecule has 0 unspecified atom stereocenters. The molecule has 3 amide bonds. The van der Waals surface area contributed by atoms with E-state index < -0.39 is 36.2 Å². The van der Waals surface area contributed by atoms with Crippen LogP contribution in [-0.2, 0) is 37.0 Å². The first-order chi connectivity index (χ1) is 21.2. The van der Waals surface area contributed by atoms with Crippen LogP contribution in [0.1, 0.15) is 57.1 Å². The number of carbonyl (C=O) groups is 4. The van der Waals surface area contributed by atoms with E-state index in [1.54, 1.807) is 31.2 Å². The van der Waals surface area contributed by atoms with Crippen molar-refractivity contribution in [3.05, 3.63) is 71.8 Å². The third-order valence-electron chi connectivity index (χ3n) is 7.46. The average molecular weight is 610 g/mol. The number of nitrogens with two attached hydrogens (primary N) is 2. The predicted molar refractivity (Wildman–Crippen MR) is 164 cm³/mol. The van der Waals surface area contributed by atoms with Crippen molar-refractivity contribution in [1.82, 2.24) is 9.80 Å². The molecule has 1 heterocycles. The Kier molecular flexibility index (Phi) is 13.6. The third-order valence-corrected chi connectivity index (χ3v) is 7.46. The van der Waals surface area contributed by atoms with Gasteiger partial charge in [0, 0.05) is 13.1 Å². The molecule has 0 saturated carbocycles. The smallest absolute Gasteiger partial charge is 0.437 e. The summed E-state index contributed by atoms with van der Waals surface area (Å²) in [5.41, 5.74) is 13.9. The molecule has 12 nitrogen and oxygen atoms in total. The molecule has 1 saturated heterocycles. The molecule has 238 valence electrons. The first-order valence-corrected chi connectivity index (χ1v) is 15.0. The second-order valence-corrected chi connectivity index (χ2v) is 10.5. The van der Waals surface area contributed by atoms with E-state index in [4.69, 9.17) is 25.7 Å². The highest BCUT2D eigenvalue weighted by molar-refractivity contribution is 5.98. The lowest BCUT2D eigenvalue weighted by molar-refractivity contribution is -0.158. The number of ether oxygens (including phenoxy) is 3. The van der Waals surface area contributed by atoms with Gasteiger partial charge in [0.2, 0.25) is 11.9 Å². The number of hydrogen-bond acceptors (Lipinski definition) is 8. The number of benzene rings is 2. The van der Waals surface area contributed by atoms with Gasteiger partial charge in [0.05, 0.1) is 12.6 Å². The Labute approximate surface area is 258 Å². The molecule has 3 rings (SSSR count). The molecule has 2 aromatic rings. The summed E-state index contributed by atoms with van der Waals surface area (Å²) in [4.78, 5) is 57.7. The number of guanidine groups is 1. The van der Waals surface area contributed by atoms with Crippen LogP contribution in [0.25, 0.3) is 0 Å². The number of piperidine rings is 1. The monoisotopic (exact) mass is 609 g/mol. The molecule has 44 heavy (non-hydrogen) atoms. The minimum Gasteiger partial charge on any atom is -0.464 e. The van der Waals surface area contributed by atoms with Crippen molar-refractivity contribution in [2.75, 3.05) is 19.7 Å². The first-order valence-electron chi connectivity index (χ1n) is 15.0. The minimum atomic E-state index is -0.973. The van der Waals surface area contributed by atoms with Crippen molar-refractivity contribution in [3.8, 4) is 0 Å². The number of amides is 3. The van der Waals surface area contributed by atoms with Gasteiger partial charge in [-0.1, -0.05) is 74.0 Å². The lowest BCUT2D eigenvalue weighted by atomic mass is 9.88. The van der Waals surface area contributed by atoms with Gasteiger partial charge in [-0.25, -0.2) is 19.3 Å². The second kappa shape index (κ2) is 17.6. The number of hydrogen-bond donors (Lipinski definition) is 2. The van der Waals surface area contributed by atoms with Crippen molar-refractivity contribution in [2.24, 2.45) is 22.4 Å². The van der Waals surface area contributed by atoms with Crippen molar-refractivity contribution in [1.29, 1.82) is 0 Å². The Bertz CT molecular complexity index is 1260. The van der Waals surface area contributed by atoms with Crippen LogP contribution >= 0.6 is 0 Å². The Hall–Kier alpha value is -4.45. The lowest BCUT2D eigenvalue weighted by Crippen LogP contribution is -2.55. The van der Waals surface area contributed by atoms with Gasteiger partial charge in [0.15, 0.2) is 0 Å². The van der Waals surface area contributed by atoms with Gasteiger partial charge in [-0.15, -0.1) is 4.99 Å². The molecular weight excluding hydrogens is 566 g/mol. The third kappa shape index (κ3) is 10.4. The van der Waals surface area contributed by atoms with Crippen LogP contribution in [0.15, 0.2) is 65.7 Å².